The maximum Gasteiger partial charge on any atom is 0.271 e. The van der Waals surface area contributed by atoms with Gasteiger partial charge in [0.25, 0.3) is 5.69 Å². The third kappa shape index (κ3) is 2.70. The molecule has 20 heavy (non-hydrogen) atoms. The number of nitro benzene ring substituents is 1. The summed E-state index contributed by atoms with van der Waals surface area (Å²) in [5, 5.41) is 11.7. The molecule has 1 saturated heterocycles. The van der Waals surface area contributed by atoms with Crippen LogP contribution in [0.2, 0.25) is 0 Å². The fourth-order valence-corrected chi connectivity index (χ4v) is 3.33. The van der Waals surface area contributed by atoms with Gasteiger partial charge in [0.2, 0.25) is 0 Å². The van der Waals surface area contributed by atoms with Gasteiger partial charge < -0.3 is 10.6 Å². The Bertz CT molecular complexity index is 633. The highest BCUT2D eigenvalue weighted by Crippen LogP contribution is 2.33. The van der Waals surface area contributed by atoms with Gasteiger partial charge >= 0.3 is 0 Å². The Morgan fingerprint density at radius 2 is 2.35 bits per heavy atom. The van der Waals surface area contributed by atoms with Gasteiger partial charge in [0.1, 0.15) is 0 Å². The largest absolute Gasteiger partial charge is 0.348 e. The predicted molar refractivity (Wildman–Crippen MR) is 82.9 cm³/mol. The molecular weight excluding hydrogens is 300 g/mol. The third-order valence-corrected chi connectivity index (χ3v) is 4.56. The van der Waals surface area contributed by atoms with Gasteiger partial charge in [-0.3, -0.25) is 10.1 Å². The Morgan fingerprint density at radius 1 is 1.55 bits per heavy atom. The van der Waals surface area contributed by atoms with Crippen LogP contribution in [0.4, 0.5) is 10.8 Å². The molecule has 2 heterocycles. The van der Waals surface area contributed by atoms with Crippen molar-refractivity contribution in [2.75, 3.05) is 24.5 Å². The van der Waals surface area contributed by atoms with Crippen LogP contribution in [0.25, 0.3) is 10.2 Å². The minimum Gasteiger partial charge on any atom is -0.348 e. The van der Waals surface area contributed by atoms with Gasteiger partial charge in [-0.05, 0) is 24.9 Å². The van der Waals surface area contributed by atoms with Crippen molar-refractivity contribution in [3.63, 3.8) is 0 Å². The van der Waals surface area contributed by atoms with Crippen molar-refractivity contribution in [1.82, 2.24) is 4.98 Å². The molecule has 2 N–H and O–H groups in total. The lowest BCUT2D eigenvalue weighted by atomic mass is 10.1. The molecule has 1 fully saturated rings. The molecule has 1 unspecified atom stereocenters. The second-order valence-electron chi connectivity index (χ2n) is 4.74. The van der Waals surface area contributed by atoms with E-state index in [1.54, 1.807) is 17.4 Å². The van der Waals surface area contributed by atoms with Crippen molar-refractivity contribution in [1.29, 1.82) is 0 Å². The standard InChI is InChI=1S/C12H14N4O2S.ClH/c13-6-8-3-4-15(7-8)12-14-10-5-9(16(17)18)1-2-11(10)19-12;/h1-2,5,8H,3-4,6-7,13H2;1H. The van der Waals surface area contributed by atoms with E-state index in [0.29, 0.717) is 18.0 Å². The third-order valence-electron chi connectivity index (χ3n) is 3.46. The molecule has 0 spiro atoms. The normalized spacial score (nSPS) is 18.2. The summed E-state index contributed by atoms with van der Waals surface area (Å²) in [7, 11) is 0. The van der Waals surface area contributed by atoms with Gasteiger partial charge in [0, 0.05) is 25.2 Å². The molecule has 3 rings (SSSR count). The molecule has 1 aromatic carbocycles. The van der Waals surface area contributed by atoms with Crippen LogP contribution in [0.3, 0.4) is 0 Å². The number of hydrogen-bond acceptors (Lipinski definition) is 6. The van der Waals surface area contributed by atoms with Crippen LogP contribution in [0, 0.1) is 16.0 Å². The molecule has 0 radical (unpaired) electrons. The number of rotatable bonds is 3. The first-order valence-electron chi connectivity index (χ1n) is 6.17. The zero-order valence-corrected chi connectivity index (χ0v) is 12.3. The van der Waals surface area contributed by atoms with Crippen molar-refractivity contribution in [3.8, 4) is 0 Å². The van der Waals surface area contributed by atoms with Gasteiger partial charge in [-0.25, -0.2) is 4.98 Å². The number of nitro groups is 1. The van der Waals surface area contributed by atoms with E-state index in [9.17, 15) is 10.1 Å². The maximum atomic E-state index is 10.7. The van der Waals surface area contributed by atoms with Crippen molar-refractivity contribution in [2.45, 2.75) is 6.42 Å². The Morgan fingerprint density at radius 3 is 3.00 bits per heavy atom. The molecule has 8 heteroatoms. The number of fused-ring (bicyclic) bond motifs is 1. The van der Waals surface area contributed by atoms with E-state index in [0.717, 1.165) is 29.3 Å². The van der Waals surface area contributed by atoms with Crippen molar-refractivity contribution < 1.29 is 4.92 Å². The van der Waals surface area contributed by atoms with Gasteiger partial charge in [-0.15, -0.1) is 12.4 Å². The molecule has 108 valence electrons. The van der Waals surface area contributed by atoms with Crippen molar-refractivity contribution >= 4 is 44.8 Å². The number of anilines is 1. The van der Waals surface area contributed by atoms with Crippen LogP contribution >= 0.6 is 23.7 Å². The number of aromatic nitrogens is 1. The summed E-state index contributed by atoms with van der Waals surface area (Å²) in [6, 6.07) is 4.83. The van der Waals surface area contributed by atoms with E-state index in [-0.39, 0.29) is 18.1 Å². The average Bonchev–Trinajstić information content (AvgIpc) is 3.03. The second-order valence-corrected chi connectivity index (χ2v) is 5.75. The van der Waals surface area contributed by atoms with Crippen molar-refractivity contribution in [2.24, 2.45) is 11.7 Å². The molecule has 1 atom stereocenters. The summed E-state index contributed by atoms with van der Waals surface area (Å²) in [6.07, 6.45) is 1.09. The number of nitrogens with zero attached hydrogens (tertiary/aromatic N) is 3. The molecule has 0 bridgehead atoms. The molecule has 1 aliphatic heterocycles. The molecule has 2 aromatic rings. The molecule has 6 nitrogen and oxygen atoms in total. The monoisotopic (exact) mass is 314 g/mol. The zero-order chi connectivity index (χ0) is 13.4. The maximum absolute atomic E-state index is 10.7. The quantitative estimate of drug-likeness (QED) is 0.694. The van der Waals surface area contributed by atoms with Crippen LogP contribution in [0.15, 0.2) is 18.2 Å². The van der Waals surface area contributed by atoms with E-state index in [1.165, 1.54) is 12.1 Å². The predicted octanol–water partition coefficient (Wildman–Crippen LogP) is 2.41. The number of thiazole rings is 1. The number of halogens is 1. The molecule has 0 aliphatic carbocycles. The van der Waals surface area contributed by atoms with E-state index in [2.05, 4.69) is 9.88 Å². The highest BCUT2D eigenvalue weighted by molar-refractivity contribution is 7.22. The molecule has 1 aromatic heterocycles. The van der Waals surface area contributed by atoms with Gasteiger partial charge in [-0.1, -0.05) is 11.3 Å². The number of nitrogens with two attached hydrogens (primary N) is 1. The molecule has 1 aliphatic rings. The summed E-state index contributed by atoms with van der Waals surface area (Å²) in [5.74, 6) is 0.529. The van der Waals surface area contributed by atoms with E-state index in [1.807, 2.05) is 0 Å². The minimum absolute atomic E-state index is 0. The van der Waals surface area contributed by atoms with Gasteiger partial charge in [0.15, 0.2) is 5.13 Å². The first kappa shape index (κ1) is 15.0. The van der Waals surface area contributed by atoms with E-state index in [4.69, 9.17) is 5.73 Å². The molecule has 0 amide bonds. The minimum atomic E-state index is -0.390. The Kier molecular flexibility index (Phi) is 4.42. The van der Waals surface area contributed by atoms with E-state index >= 15 is 0 Å². The van der Waals surface area contributed by atoms with Crippen LogP contribution in [-0.2, 0) is 0 Å². The lowest BCUT2D eigenvalue weighted by molar-refractivity contribution is -0.384. The fraction of sp³-hybridized carbons (Fsp3) is 0.417. The van der Waals surface area contributed by atoms with Crippen LogP contribution < -0.4 is 10.6 Å². The summed E-state index contributed by atoms with van der Waals surface area (Å²) in [6.45, 7) is 2.59. The van der Waals surface area contributed by atoms with Crippen LogP contribution in [0.5, 0.6) is 0 Å². The van der Waals surface area contributed by atoms with Gasteiger partial charge in [-0.2, -0.15) is 0 Å². The summed E-state index contributed by atoms with van der Waals surface area (Å²) >= 11 is 1.58. The number of hydrogen-bond donors (Lipinski definition) is 1. The van der Waals surface area contributed by atoms with Crippen LogP contribution in [0.1, 0.15) is 6.42 Å². The molecular formula is C12H15ClN4O2S. The fourth-order valence-electron chi connectivity index (χ4n) is 2.35. The lowest BCUT2D eigenvalue weighted by Crippen LogP contribution is -2.22. The highest BCUT2D eigenvalue weighted by Gasteiger charge is 2.24. The summed E-state index contributed by atoms with van der Waals surface area (Å²) in [4.78, 5) is 17.1. The number of benzene rings is 1. The Labute approximate surface area is 126 Å². The highest BCUT2D eigenvalue weighted by atomic mass is 35.5. The molecule has 0 saturated carbocycles. The van der Waals surface area contributed by atoms with E-state index < -0.39 is 4.92 Å². The summed E-state index contributed by atoms with van der Waals surface area (Å²) < 4.78 is 0.983. The summed E-state index contributed by atoms with van der Waals surface area (Å²) in [5.41, 5.74) is 6.47. The second kappa shape index (κ2) is 5.90. The SMILES string of the molecule is Cl.NCC1CCN(c2nc3cc([N+](=O)[O-])ccc3s2)C1. The topological polar surface area (TPSA) is 85.3 Å². The van der Waals surface area contributed by atoms with Gasteiger partial charge in [0.05, 0.1) is 15.1 Å². The first-order chi connectivity index (χ1) is 9.17. The zero-order valence-electron chi connectivity index (χ0n) is 10.7. The Hall–Kier alpha value is -1.44. The Balaban J connectivity index is 0.00000147. The number of non-ortho nitro benzene ring substituents is 1. The van der Waals surface area contributed by atoms with Crippen molar-refractivity contribution in [3.05, 3.63) is 28.3 Å². The smallest absolute Gasteiger partial charge is 0.271 e. The first-order valence-corrected chi connectivity index (χ1v) is 6.99. The lowest BCUT2D eigenvalue weighted by Gasteiger charge is -2.13. The average molecular weight is 315 g/mol. The van der Waals surface area contributed by atoms with Crippen LogP contribution in [-0.4, -0.2) is 29.5 Å².